The molecule has 0 bridgehead atoms. The molecule has 5 nitrogen and oxygen atoms in total. The van der Waals surface area contributed by atoms with Crippen LogP contribution in [0.2, 0.25) is 5.02 Å². The number of hydrogen-bond donors (Lipinski definition) is 2. The lowest BCUT2D eigenvalue weighted by molar-refractivity contribution is 0.468. The highest BCUT2D eigenvalue weighted by molar-refractivity contribution is 7.92. The average Bonchev–Trinajstić information content (AvgIpc) is 2.95. The molecule has 2 N–H and O–H groups in total. The van der Waals surface area contributed by atoms with E-state index in [1.165, 1.54) is 24.3 Å². The fourth-order valence-corrected chi connectivity index (χ4v) is 4.82. The molecule has 1 heterocycles. The lowest BCUT2D eigenvalue weighted by Gasteiger charge is -2.16. The third kappa shape index (κ3) is 3.42. The van der Waals surface area contributed by atoms with Crippen molar-refractivity contribution in [3.05, 3.63) is 82.5 Å². The van der Waals surface area contributed by atoms with Crippen LogP contribution in [0, 0.1) is 20.8 Å². The van der Waals surface area contributed by atoms with Gasteiger partial charge in [-0.3, -0.25) is 4.72 Å². The maximum Gasteiger partial charge on any atom is 0.261 e. The molecule has 0 aliphatic carbocycles. The number of para-hydroxylation sites is 1. The fraction of sp³-hybridized carbons (Fsp3) is 0.130. The summed E-state index contributed by atoms with van der Waals surface area (Å²) < 4.78 is 30.2. The molecule has 0 unspecified atom stereocenters. The summed E-state index contributed by atoms with van der Waals surface area (Å²) in [4.78, 5) is 0.109. The predicted molar refractivity (Wildman–Crippen MR) is 121 cm³/mol. The van der Waals surface area contributed by atoms with Gasteiger partial charge >= 0.3 is 0 Å². The molecule has 0 fully saturated rings. The first-order chi connectivity index (χ1) is 14.2. The number of nitrogens with zero attached hydrogens (tertiary/aromatic N) is 1. The van der Waals surface area contributed by atoms with Crippen LogP contribution in [0.1, 0.15) is 16.8 Å². The van der Waals surface area contributed by atoms with Crippen LogP contribution in [0.15, 0.2) is 65.6 Å². The van der Waals surface area contributed by atoms with Gasteiger partial charge in [0.25, 0.3) is 10.0 Å². The van der Waals surface area contributed by atoms with Crippen molar-refractivity contribution in [1.29, 1.82) is 0 Å². The van der Waals surface area contributed by atoms with E-state index in [0.717, 1.165) is 22.2 Å². The topological polar surface area (TPSA) is 71.3 Å². The molecule has 0 saturated heterocycles. The maximum absolute atomic E-state index is 12.8. The molecule has 0 radical (unpaired) electrons. The Morgan fingerprint density at radius 2 is 1.63 bits per heavy atom. The number of sulfonamides is 1. The van der Waals surface area contributed by atoms with E-state index in [2.05, 4.69) is 4.72 Å². The maximum atomic E-state index is 12.8. The second-order valence-electron chi connectivity index (χ2n) is 7.28. The van der Waals surface area contributed by atoms with Crippen molar-refractivity contribution in [2.75, 3.05) is 4.72 Å². The van der Waals surface area contributed by atoms with Crippen LogP contribution in [0.25, 0.3) is 16.6 Å². The first kappa shape index (κ1) is 20.3. The van der Waals surface area contributed by atoms with E-state index in [0.29, 0.717) is 22.0 Å². The smallest absolute Gasteiger partial charge is 0.261 e. The molecule has 7 heteroatoms. The van der Waals surface area contributed by atoms with Gasteiger partial charge in [0.05, 0.1) is 21.8 Å². The van der Waals surface area contributed by atoms with E-state index in [9.17, 15) is 13.5 Å². The molecule has 0 spiro atoms. The largest absolute Gasteiger partial charge is 0.505 e. The number of halogens is 1. The number of phenols is 1. The molecule has 0 amide bonds. The minimum absolute atomic E-state index is 0.105. The Bertz CT molecular complexity index is 1370. The third-order valence-electron chi connectivity index (χ3n) is 5.32. The van der Waals surface area contributed by atoms with Gasteiger partial charge in [-0.1, -0.05) is 29.8 Å². The summed E-state index contributed by atoms with van der Waals surface area (Å²) in [6.45, 7) is 5.76. The first-order valence-electron chi connectivity index (χ1n) is 9.38. The van der Waals surface area contributed by atoms with Crippen molar-refractivity contribution < 1.29 is 13.5 Å². The van der Waals surface area contributed by atoms with E-state index in [1.54, 1.807) is 19.1 Å². The Hall–Kier alpha value is -2.96. The van der Waals surface area contributed by atoms with Crippen molar-refractivity contribution in [1.82, 2.24) is 4.57 Å². The highest BCUT2D eigenvalue weighted by Crippen LogP contribution is 2.36. The number of aryl methyl sites for hydroxylation is 2. The molecule has 0 aliphatic rings. The van der Waals surface area contributed by atoms with Crippen molar-refractivity contribution in [3.63, 3.8) is 0 Å². The average molecular weight is 441 g/mol. The van der Waals surface area contributed by atoms with Crippen molar-refractivity contribution >= 4 is 38.2 Å². The van der Waals surface area contributed by atoms with Crippen LogP contribution in [0.4, 0.5) is 5.69 Å². The zero-order valence-electron chi connectivity index (χ0n) is 16.8. The summed E-state index contributed by atoms with van der Waals surface area (Å²) in [6.07, 6.45) is 0. The number of phenolic OH excluding ortho intramolecular Hbond substituents is 1. The third-order valence-corrected chi connectivity index (χ3v) is 6.97. The summed E-state index contributed by atoms with van der Waals surface area (Å²) >= 11 is 5.87. The van der Waals surface area contributed by atoms with E-state index in [1.807, 2.05) is 42.7 Å². The van der Waals surface area contributed by atoms with E-state index in [4.69, 9.17) is 11.6 Å². The normalized spacial score (nSPS) is 11.7. The van der Waals surface area contributed by atoms with Crippen LogP contribution in [0.3, 0.4) is 0 Å². The van der Waals surface area contributed by atoms with Crippen LogP contribution >= 0.6 is 11.6 Å². The van der Waals surface area contributed by atoms with Gasteiger partial charge in [0.1, 0.15) is 5.75 Å². The molecule has 1 aromatic heterocycles. The monoisotopic (exact) mass is 440 g/mol. The highest BCUT2D eigenvalue weighted by Gasteiger charge is 2.19. The molecule has 4 aromatic rings. The second kappa shape index (κ2) is 7.38. The standard InChI is InChI=1S/C23H21ClN2O3S/c1-14-12-18(25-30(28,29)19-10-8-17(24)9-11-19)13-22(23(14)27)26-16(3)15(2)20-6-4-5-7-21(20)26/h4-13,25,27H,1-3H3. The Labute approximate surface area is 180 Å². The molecular weight excluding hydrogens is 420 g/mol. The van der Waals surface area contributed by atoms with Gasteiger partial charge in [-0.2, -0.15) is 0 Å². The summed E-state index contributed by atoms with van der Waals surface area (Å²) in [5.74, 6) is 0.105. The number of aromatic nitrogens is 1. The van der Waals surface area contributed by atoms with Crippen molar-refractivity contribution in [2.45, 2.75) is 25.7 Å². The summed E-state index contributed by atoms with van der Waals surface area (Å²) in [6, 6.07) is 17.1. The molecule has 3 aromatic carbocycles. The minimum Gasteiger partial charge on any atom is -0.505 e. The molecule has 30 heavy (non-hydrogen) atoms. The van der Waals surface area contributed by atoms with Gasteiger partial charge in [-0.15, -0.1) is 0 Å². The SMILES string of the molecule is Cc1cc(NS(=O)(=O)c2ccc(Cl)cc2)cc(-n2c(C)c(C)c3ccccc32)c1O. The van der Waals surface area contributed by atoms with Gasteiger partial charge in [-0.25, -0.2) is 8.42 Å². The van der Waals surface area contributed by atoms with Gasteiger partial charge in [0.15, 0.2) is 0 Å². The molecule has 0 aliphatic heterocycles. The Balaban J connectivity index is 1.85. The summed E-state index contributed by atoms with van der Waals surface area (Å²) in [5, 5.41) is 12.3. The Kier molecular flexibility index (Phi) is 5.00. The van der Waals surface area contributed by atoms with Crippen LogP contribution in [0.5, 0.6) is 5.75 Å². The molecule has 4 rings (SSSR count). The Morgan fingerprint density at radius 1 is 0.967 bits per heavy atom. The number of anilines is 1. The van der Waals surface area contributed by atoms with Gasteiger partial charge in [-0.05, 0) is 74.4 Å². The number of aromatic hydroxyl groups is 1. The van der Waals surface area contributed by atoms with Crippen LogP contribution in [-0.2, 0) is 10.0 Å². The lowest BCUT2D eigenvalue weighted by atomic mass is 10.1. The number of hydrogen-bond acceptors (Lipinski definition) is 3. The van der Waals surface area contributed by atoms with Gasteiger partial charge < -0.3 is 9.67 Å². The second-order valence-corrected chi connectivity index (χ2v) is 9.40. The van der Waals surface area contributed by atoms with Crippen LogP contribution < -0.4 is 4.72 Å². The first-order valence-corrected chi connectivity index (χ1v) is 11.2. The lowest BCUT2D eigenvalue weighted by Crippen LogP contribution is -2.13. The Morgan fingerprint density at radius 3 is 2.33 bits per heavy atom. The quantitative estimate of drug-likeness (QED) is 0.399. The number of benzene rings is 3. The number of rotatable bonds is 4. The van der Waals surface area contributed by atoms with Gasteiger partial charge in [0.2, 0.25) is 0 Å². The highest BCUT2D eigenvalue weighted by atomic mass is 35.5. The van der Waals surface area contributed by atoms with Crippen LogP contribution in [-0.4, -0.2) is 18.1 Å². The van der Waals surface area contributed by atoms with E-state index < -0.39 is 10.0 Å². The molecular formula is C23H21ClN2O3S. The fourth-order valence-electron chi connectivity index (χ4n) is 3.66. The molecule has 0 atom stereocenters. The molecule has 0 saturated carbocycles. The zero-order chi connectivity index (χ0) is 21.6. The minimum atomic E-state index is -3.81. The zero-order valence-corrected chi connectivity index (χ0v) is 18.3. The summed E-state index contributed by atoms with van der Waals surface area (Å²) in [7, 11) is -3.81. The van der Waals surface area contributed by atoms with E-state index in [-0.39, 0.29) is 10.6 Å². The van der Waals surface area contributed by atoms with Gasteiger partial charge in [0, 0.05) is 16.1 Å². The predicted octanol–water partition coefficient (Wildman–Crippen LogP) is 5.72. The van der Waals surface area contributed by atoms with Crippen molar-refractivity contribution in [2.24, 2.45) is 0 Å². The number of fused-ring (bicyclic) bond motifs is 1. The number of nitrogens with one attached hydrogen (secondary N) is 1. The van der Waals surface area contributed by atoms with Crippen molar-refractivity contribution in [3.8, 4) is 11.4 Å². The molecule has 154 valence electrons. The van der Waals surface area contributed by atoms with E-state index >= 15 is 0 Å². The summed E-state index contributed by atoms with van der Waals surface area (Å²) in [5.41, 5.74) is 4.48.